The molecule has 0 aromatic carbocycles. The molecule has 1 aromatic rings. The summed E-state index contributed by atoms with van der Waals surface area (Å²) in [5.41, 5.74) is 5.97. The number of rotatable bonds is 3. The van der Waals surface area contributed by atoms with Crippen molar-refractivity contribution in [3.05, 3.63) is 16.9 Å². The minimum Gasteiger partial charge on any atom is -0.480 e. The van der Waals surface area contributed by atoms with E-state index in [0.717, 1.165) is 0 Å². The summed E-state index contributed by atoms with van der Waals surface area (Å²) in [5, 5.41) is 13.0. The van der Waals surface area contributed by atoms with E-state index in [1.807, 2.05) is 0 Å². The molecule has 1 unspecified atom stereocenters. The Morgan fingerprint density at radius 1 is 1.92 bits per heavy atom. The van der Waals surface area contributed by atoms with Crippen LogP contribution in [-0.2, 0) is 11.3 Å². The van der Waals surface area contributed by atoms with Crippen molar-refractivity contribution in [2.24, 2.45) is 5.73 Å². The van der Waals surface area contributed by atoms with E-state index in [9.17, 15) is 4.79 Å². The first-order valence-electron chi connectivity index (χ1n) is 3.68. The number of halogens is 1. The van der Waals surface area contributed by atoms with Gasteiger partial charge < -0.3 is 10.8 Å². The van der Waals surface area contributed by atoms with Crippen LogP contribution in [0.3, 0.4) is 0 Å². The molecule has 1 heterocycles. The Balaban J connectivity index is 2.69. The fourth-order valence-electron chi connectivity index (χ4n) is 0.867. The molecule has 72 valence electrons. The highest BCUT2D eigenvalue weighted by Gasteiger charge is 2.13. The monoisotopic (exact) mass is 203 g/mol. The molecule has 0 amide bonds. The van der Waals surface area contributed by atoms with Gasteiger partial charge in [-0.05, 0) is 6.92 Å². The van der Waals surface area contributed by atoms with Gasteiger partial charge in [-0.3, -0.25) is 9.48 Å². The minimum absolute atomic E-state index is 0.128. The Bertz CT molecular complexity index is 304. The first-order chi connectivity index (χ1) is 6.00. The second-order valence-corrected chi connectivity index (χ2v) is 3.14. The summed E-state index contributed by atoms with van der Waals surface area (Å²) >= 11 is 5.72. The first-order valence-corrected chi connectivity index (χ1v) is 4.06. The number of aryl methyl sites for hydroxylation is 1. The topological polar surface area (TPSA) is 81.1 Å². The Morgan fingerprint density at radius 2 is 2.54 bits per heavy atom. The van der Waals surface area contributed by atoms with Crippen LogP contribution < -0.4 is 5.73 Å². The summed E-state index contributed by atoms with van der Waals surface area (Å²) in [6.07, 6.45) is 1.56. The van der Waals surface area contributed by atoms with Crippen LogP contribution in [0.4, 0.5) is 0 Å². The van der Waals surface area contributed by atoms with Gasteiger partial charge >= 0.3 is 5.97 Å². The van der Waals surface area contributed by atoms with Crippen molar-refractivity contribution in [1.29, 1.82) is 0 Å². The van der Waals surface area contributed by atoms with Crippen LogP contribution in [0, 0.1) is 6.92 Å². The van der Waals surface area contributed by atoms with Gasteiger partial charge in [0.1, 0.15) is 6.04 Å². The van der Waals surface area contributed by atoms with Crippen LogP contribution in [0.15, 0.2) is 6.20 Å². The van der Waals surface area contributed by atoms with Crippen molar-refractivity contribution in [3.8, 4) is 0 Å². The van der Waals surface area contributed by atoms with E-state index in [4.69, 9.17) is 22.4 Å². The average Bonchev–Trinajstić information content (AvgIpc) is 2.31. The van der Waals surface area contributed by atoms with Gasteiger partial charge in [0.25, 0.3) is 0 Å². The van der Waals surface area contributed by atoms with Crippen LogP contribution in [0.25, 0.3) is 0 Å². The molecule has 0 spiro atoms. The molecule has 0 aliphatic heterocycles. The summed E-state index contributed by atoms with van der Waals surface area (Å²) < 4.78 is 1.43. The minimum atomic E-state index is -1.05. The molecule has 0 aliphatic carbocycles. The van der Waals surface area contributed by atoms with Crippen LogP contribution >= 0.6 is 11.6 Å². The third-order valence-electron chi connectivity index (χ3n) is 1.59. The molecule has 0 fully saturated rings. The Morgan fingerprint density at radius 3 is 2.92 bits per heavy atom. The molecule has 0 aliphatic rings. The quantitative estimate of drug-likeness (QED) is 0.738. The average molecular weight is 204 g/mol. The van der Waals surface area contributed by atoms with E-state index in [2.05, 4.69) is 5.10 Å². The van der Waals surface area contributed by atoms with E-state index in [1.54, 1.807) is 13.1 Å². The number of nitrogens with zero attached hydrogens (tertiary/aromatic N) is 2. The third kappa shape index (κ3) is 2.43. The maximum Gasteiger partial charge on any atom is 0.322 e. The SMILES string of the molecule is Cc1nn(CC(N)C(=O)O)cc1Cl. The van der Waals surface area contributed by atoms with Crippen molar-refractivity contribution in [2.45, 2.75) is 19.5 Å². The number of carboxylic acids is 1. The molecule has 1 rings (SSSR count). The zero-order valence-corrected chi connectivity index (χ0v) is 7.82. The predicted octanol–water partition coefficient (Wildman–Crippen LogP) is 0.257. The van der Waals surface area contributed by atoms with E-state index < -0.39 is 12.0 Å². The number of nitrogens with two attached hydrogens (primary N) is 1. The van der Waals surface area contributed by atoms with E-state index >= 15 is 0 Å². The second kappa shape index (κ2) is 3.76. The lowest BCUT2D eigenvalue weighted by Crippen LogP contribution is -2.34. The zero-order chi connectivity index (χ0) is 10.0. The van der Waals surface area contributed by atoms with Crippen LogP contribution in [0.2, 0.25) is 5.02 Å². The first kappa shape index (κ1) is 10.0. The van der Waals surface area contributed by atoms with Crippen molar-refractivity contribution in [3.63, 3.8) is 0 Å². The number of hydrogen-bond acceptors (Lipinski definition) is 3. The number of hydrogen-bond donors (Lipinski definition) is 2. The van der Waals surface area contributed by atoms with Gasteiger partial charge in [-0.25, -0.2) is 0 Å². The number of aliphatic carboxylic acids is 1. The molecular formula is C7H10ClN3O2. The van der Waals surface area contributed by atoms with E-state index in [-0.39, 0.29) is 6.54 Å². The molecule has 3 N–H and O–H groups in total. The van der Waals surface area contributed by atoms with E-state index in [1.165, 1.54) is 4.68 Å². The van der Waals surface area contributed by atoms with Crippen LogP contribution in [-0.4, -0.2) is 26.9 Å². The highest BCUT2D eigenvalue weighted by molar-refractivity contribution is 6.31. The molecule has 1 aromatic heterocycles. The van der Waals surface area contributed by atoms with Gasteiger partial charge in [-0.2, -0.15) is 5.10 Å². The fraction of sp³-hybridized carbons (Fsp3) is 0.429. The van der Waals surface area contributed by atoms with Crippen LogP contribution in [0.1, 0.15) is 5.69 Å². The second-order valence-electron chi connectivity index (χ2n) is 2.73. The molecule has 0 saturated heterocycles. The lowest BCUT2D eigenvalue weighted by Gasteiger charge is -2.05. The number of carboxylic acid groups (broad SMARTS) is 1. The molecule has 13 heavy (non-hydrogen) atoms. The lowest BCUT2D eigenvalue weighted by atomic mass is 10.3. The van der Waals surface area contributed by atoms with Gasteiger partial charge in [0.05, 0.1) is 17.3 Å². The van der Waals surface area contributed by atoms with Crippen LogP contribution in [0.5, 0.6) is 0 Å². The van der Waals surface area contributed by atoms with Gasteiger partial charge in [-0.15, -0.1) is 0 Å². The van der Waals surface area contributed by atoms with Crippen molar-refractivity contribution in [2.75, 3.05) is 0 Å². The summed E-state index contributed by atoms with van der Waals surface area (Å²) in [5.74, 6) is -1.05. The highest BCUT2D eigenvalue weighted by atomic mass is 35.5. The summed E-state index contributed by atoms with van der Waals surface area (Å²) in [7, 11) is 0. The van der Waals surface area contributed by atoms with E-state index in [0.29, 0.717) is 10.7 Å². The molecule has 1 atom stereocenters. The number of carbonyl (C=O) groups is 1. The summed E-state index contributed by atoms with van der Waals surface area (Å²) in [6.45, 7) is 1.87. The molecule has 0 radical (unpaired) electrons. The maximum atomic E-state index is 10.4. The molecule has 0 bridgehead atoms. The zero-order valence-electron chi connectivity index (χ0n) is 7.07. The van der Waals surface area contributed by atoms with Gasteiger partial charge in [-0.1, -0.05) is 11.6 Å². The largest absolute Gasteiger partial charge is 0.480 e. The Labute approximate surface area is 80.1 Å². The Hall–Kier alpha value is -1.07. The van der Waals surface area contributed by atoms with Crippen molar-refractivity contribution in [1.82, 2.24) is 9.78 Å². The molecule has 0 saturated carbocycles. The Kier molecular flexibility index (Phi) is 2.90. The van der Waals surface area contributed by atoms with Crippen molar-refractivity contribution >= 4 is 17.6 Å². The summed E-state index contributed by atoms with van der Waals surface area (Å²) in [6, 6.07) is -0.949. The number of aromatic nitrogens is 2. The molecular weight excluding hydrogens is 194 g/mol. The fourth-order valence-corrected chi connectivity index (χ4v) is 1.02. The van der Waals surface area contributed by atoms with Gasteiger partial charge in [0.15, 0.2) is 0 Å². The molecule has 5 nitrogen and oxygen atoms in total. The molecule has 6 heteroatoms. The highest BCUT2D eigenvalue weighted by Crippen LogP contribution is 2.11. The third-order valence-corrected chi connectivity index (χ3v) is 1.96. The standard InChI is InChI=1S/C7H10ClN3O2/c1-4-5(8)2-11(10-4)3-6(9)7(12)13/h2,6H,3,9H2,1H3,(H,12,13). The van der Waals surface area contributed by atoms with Gasteiger partial charge in [0.2, 0.25) is 0 Å². The van der Waals surface area contributed by atoms with Gasteiger partial charge in [0, 0.05) is 6.20 Å². The summed E-state index contributed by atoms with van der Waals surface area (Å²) in [4.78, 5) is 10.4. The normalized spacial score (nSPS) is 12.8. The lowest BCUT2D eigenvalue weighted by molar-refractivity contribution is -0.138. The smallest absolute Gasteiger partial charge is 0.322 e. The maximum absolute atomic E-state index is 10.4. The predicted molar refractivity (Wildman–Crippen MR) is 47.6 cm³/mol. The van der Waals surface area contributed by atoms with Crippen molar-refractivity contribution < 1.29 is 9.90 Å².